The molecule has 3 rings (SSSR count). The first-order valence-electron chi connectivity index (χ1n) is 13.8. The van der Waals surface area contributed by atoms with Crippen LogP contribution in [-0.4, -0.2) is 59.8 Å². The maximum absolute atomic E-state index is 12.7. The lowest BCUT2D eigenvalue weighted by atomic mass is 10.2. The average Bonchev–Trinajstić information content (AvgIpc) is 3.36. The van der Waals surface area contributed by atoms with E-state index in [-0.39, 0.29) is 18.7 Å². The molecular formula is C31H40N3O7+. The van der Waals surface area contributed by atoms with Crippen molar-refractivity contribution in [1.82, 2.24) is 9.38 Å². The molecule has 0 aliphatic carbocycles. The summed E-state index contributed by atoms with van der Waals surface area (Å²) in [4.78, 5) is 43.2. The highest BCUT2D eigenvalue weighted by molar-refractivity contribution is 6.11. The van der Waals surface area contributed by atoms with Crippen molar-refractivity contribution in [2.45, 2.75) is 65.4 Å². The molecule has 0 saturated heterocycles. The number of hydrogen-bond donors (Lipinski definition) is 1. The Kier molecular flexibility index (Phi) is 10.7. The van der Waals surface area contributed by atoms with Crippen molar-refractivity contribution in [3.05, 3.63) is 66.5 Å². The van der Waals surface area contributed by atoms with Crippen LogP contribution in [0.25, 0.3) is 0 Å². The van der Waals surface area contributed by atoms with E-state index in [4.69, 9.17) is 14.2 Å². The number of unbranched alkanes of at least 4 members (excludes halogenated alkanes) is 3. The molecule has 0 aromatic heterocycles. The summed E-state index contributed by atoms with van der Waals surface area (Å²) in [5, 5.41) is 10.2. The lowest BCUT2D eigenvalue weighted by Gasteiger charge is -2.28. The smallest absolute Gasteiger partial charge is 0.494 e. The molecule has 10 heteroatoms. The molecule has 1 heterocycles. The summed E-state index contributed by atoms with van der Waals surface area (Å²) < 4.78 is 15.9. The Morgan fingerprint density at radius 3 is 2.22 bits per heavy atom. The number of carbonyl (C=O) groups excluding carboxylic acids is 2. The maximum atomic E-state index is 12.7. The molecule has 1 atom stereocenters. The van der Waals surface area contributed by atoms with Crippen molar-refractivity contribution in [1.29, 1.82) is 0 Å². The van der Waals surface area contributed by atoms with Gasteiger partial charge in [-0.05, 0) is 63.6 Å². The third kappa shape index (κ3) is 8.40. The van der Waals surface area contributed by atoms with Gasteiger partial charge in [0, 0.05) is 25.7 Å². The van der Waals surface area contributed by atoms with Crippen molar-refractivity contribution >= 4 is 29.7 Å². The SMILES string of the molecule is CCCCCCOc1ccc(C(=O)Oc2ccc([N+]3(C(=O)O)C=CN=C3CCN(C)C(=O)OC(C)(C)C)cc2)cc1. The number of ether oxygens (including phenoxy) is 3. The number of esters is 1. The van der Waals surface area contributed by atoms with Crippen LogP contribution in [0.4, 0.5) is 15.3 Å². The number of aliphatic imine (C=N–C) groups is 1. The minimum absolute atomic E-state index is 0.199. The van der Waals surface area contributed by atoms with Crippen LogP contribution in [0.5, 0.6) is 11.5 Å². The number of nitrogens with zero attached hydrogens (tertiary/aromatic N) is 3. The van der Waals surface area contributed by atoms with Crippen molar-refractivity contribution in [3.63, 3.8) is 0 Å². The third-order valence-corrected chi connectivity index (χ3v) is 6.41. The second-order valence-corrected chi connectivity index (χ2v) is 10.8. The molecule has 0 radical (unpaired) electrons. The summed E-state index contributed by atoms with van der Waals surface area (Å²) in [7, 11) is 1.59. The van der Waals surface area contributed by atoms with Gasteiger partial charge >= 0.3 is 18.2 Å². The van der Waals surface area contributed by atoms with Crippen LogP contribution in [0.15, 0.2) is 65.9 Å². The first-order chi connectivity index (χ1) is 19.5. The second-order valence-electron chi connectivity index (χ2n) is 10.8. The van der Waals surface area contributed by atoms with Crippen LogP contribution in [0.1, 0.15) is 70.2 Å². The molecule has 220 valence electrons. The fourth-order valence-corrected chi connectivity index (χ4v) is 4.18. The Labute approximate surface area is 241 Å². The predicted octanol–water partition coefficient (Wildman–Crippen LogP) is 6.99. The largest absolute Gasteiger partial charge is 0.529 e. The van der Waals surface area contributed by atoms with Crippen molar-refractivity contribution in [3.8, 4) is 11.5 Å². The molecule has 2 amide bonds. The van der Waals surface area contributed by atoms with Gasteiger partial charge in [0.25, 0.3) is 0 Å². The van der Waals surface area contributed by atoms with Gasteiger partial charge in [0.05, 0.1) is 24.8 Å². The topological polar surface area (TPSA) is 115 Å². The summed E-state index contributed by atoms with van der Waals surface area (Å²) in [5.74, 6) is 0.747. The molecule has 2 aromatic carbocycles. The maximum Gasteiger partial charge on any atom is 0.529 e. The van der Waals surface area contributed by atoms with Crippen molar-refractivity contribution < 1.29 is 33.7 Å². The second kappa shape index (κ2) is 13.9. The zero-order valence-electron chi connectivity index (χ0n) is 24.5. The van der Waals surface area contributed by atoms with E-state index in [1.807, 2.05) is 0 Å². The van der Waals surface area contributed by atoms with E-state index in [1.165, 1.54) is 30.1 Å². The first-order valence-corrected chi connectivity index (χ1v) is 13.8. The Bertz CT molecular complexity index is 1260. The molecule has 1 N–H and O–H groups in total. The lowest BCUT2D eigenvalue weighted by Crippen LogP contribution is -2.52. The van der Waals surface area contributed by atoms with Crippen molar-refractivity contribution in [2.75, 3.05) is 20.2 Å². The van der Waals surface area contributed by atoms with E-state index in [1.54, 1.807) is 76.3 Å². The number of carbonyl (C=O) groups is 3. The van der Waals surface area contributed by atoms with Gasteiger partial charge < -0.3 is 24.2 Å². The molecular weight excluding hydrogens is 526 g/mol. The van der Waals surface area contributed by atoms with Gasteiger partial charge in [-0.25, -0.2) is 14.6 Å². The Balaban J connectivity index is 1.63. The summed E-state index contributed by atoms with van der Waals surface area (Å²) in [5.41, 5.74) is 0.118. The molecule has 1 aliphatic heterocycles. The highest BCUT2D eigenvalue weighted by Gasteiger charge is 2.46. The minimum atomic E-state index is -1.16. The number of amidine groups is 1. The van der Waals surface area contributed by atoms with Gasteiger partial charge in [0.1, 0.15) is 23.3 Å². The number of hydrogen-bond acceptors (Lipinski definition) is 7. The number of quaternary nitrogens is 1. The normalized spacial score (nSPS) is 16.2. The van der Waals surface area contributed by atoms with Crippen LogP contribution in [0.2, 0.25) is 0 Å². The fourth-order valence-electron chi connectivity index (χ4n) is 4.18. The van der Waals surface area contributed by atoms with Gasteiger partial charge in [-0.2, -0.15) is 4.79 Å². The number of benzene rings is 2. The molecule has 41 heavy (non-hydrogen) atoms. The fraction of sp³-hybridized carbons (Fsp3) is 0.419. The van der Waals surface area contributed by atoms with Crippen LogP contribution in [0, 0.1) is 0 Å². The van der Waals surface area contributed by atoms with Gasteiger partial charge in [-0.3, -0.25) is 0 Å². The van der Waals surface area contributed by atoms with Crippen LogP contribution in [-0.2, 0) is 4.74 Å². The van der Waals surface area contributed by atoms with E-state index in [0.29, 0.717) is 29.4 Å². The summed E-state index contributed by atoms with van der Waals surface area (Å²) in [6.07, 6.45) is 5.89. The molecule has 1 aliphatic rings. The lowest BCUT2D eigenvalue weighted by molar-refractivity contribution is 0.0302. The number of carboxylic acid groups (broad SMARTS) is 1. The summed E-state index contributed by atoms with van der Waals surface area (Å²) in [6, 6.07) is 13.0. The number of amides is 2. The first kappa shape index (κ1) is 31.3. The third-order valence-electron chi connectivity index (χ3n) is 6.41. The highest BCUT2D eigenvalue weighted by Crippen LogP contribution is 2.32. The average molecular weight is 567 g/mol. The molecule has 0 saturated carbocycles. The van der Waals surface area contributed by atoms with Crippen LogP contribution in [0.3, 0.4) is 0 Å². The van der Waals surface area contributed by atoms with Gasteiger partial charge in [-0.1, -0.05) is 26.2 Å². The zero-order chi connectivity index (χ0) is 30.0. The van der Waals surface area contributed by atoms with E-state index < -0.39 is 28.2 Å². The summed E-state index contributed by atoms with van der Waals surface area (Å²) in [6.45, 7) is 8.33. The van der Waals surface area contributed by atoms with Crippen LogP contribution >= 0.6 is 0 Å². The van der Waals surface area contributed by atoms with Gasteiger partial charge in [0.2, 0.25) is 5.84 Å². The summed E-state index contributed by atoms with van der Waals surface area (Å²) >= 11 is 0. The molecule has 0 bridgehead atoms. The number of rotatable bonds is 12. The molecule has 0 spiro atoms. The Morgan fingerprint density at radius 2 is 1.61 bits per heavy atom. The van der Waals surface area contributed by atoms with E-state index in [2.05, 4.69) is 11.9 Å². The Hall–Kier alpha value is -4.18. The van der Waals surface area contributed by atoms with E-state index in [0.717, 1.165) is 12.8 Å². The standard InChI is InChI=1S/C31H39N3O7/c1-6-7-8-9-22-39-25-14-10-23(11-15-25)28(35)40-26-16-12-24(13-17-26)34(30(37)38)21-19-32-27(34)18-20-33(5)29(36)41-31(2,3)4/h10-17,19,21H,6-9,18,20,22H2,1-5H3/p+1. The monoisotopic (exact) mass is 566 g/mol. The Morgan fingerprint density at radius 1 is 0.951 bits per heavy atom. The zero-order valence-corrected chi connectivity index (χ0v) is 24.5. The molecule has 10 nitrogen and oxygen atoms in total. The van der Waals surface area contributed by atoms with E-state index >= 15 is 0 Å². The molecule has 1 unspecified atom stereocenters. The van der Waals surface area contributed by atoms with Gasteiger partial charge in [-0.15, -0.1) is 4.48 Å². The van der Waals surface area contributed by atoms with Crippen LogP contribution < -0.4 is 14.0 Å². The quantitative estimate of drug-likeness (QED) is 0.127. The molecule has 0 fully saturated rings. The van der Waals surface area contributed by atoms with E-state index in [9.17, 15) is 19.5 Å². The predicted molar refractivity (Wildman–Crippen MR) is 157 cm³/mol. The molecule has 2 aromatic rings. The highest BCUT2D eigenvalue weighted by atomic mass is 16.6. The van der Waals surface area contributed by atoms with Crippen molar-refractivity contribution in [2.24, 2.45) is 4.99 Å². The van der Waals surface area contributed by atoms with Gasteiger partial charge in [0.15, 0.2) is 5.69 Å². The minimum Gasteiger partial charge on any atom is -0.494 e.